The molecule has 4 nitrogen and oxygen atoms in total. The number of hydrogen-bond acceptors (Lipinski definition) is 5. The lowest BCUT2D eigenvalue weighted by atomic mass is 9.81. The molecular weight excluding hydrogens is 186 g/mol. The molecule has 5 heteroatoms. The molecule has 2 rings (SSSR count). The Morgan fingerprint density at radius 1 is 1.54 bits per heavy atom. The van der Waals surface area contributed by atoms with Gasteiger partial charge < -0.3 is 10.8 Å². The molecule has 1 atom stereocenters. The molecule has 1 aliphatic rings. The van der Waals surface area contributed by atoms with Crippen molar-refractivity contribution < 1.29 is 5.11 Å². The third-order valence-electron chi connectivity index (χ3n) is 2.34. The second kappa shape index (κ2) is 3.32. The molecule has 0 aliphatic heterocycles. The van der Waals surface area contributed by atoms with E-state index in [0.29, 0.717) is 17.0 Å². The van der Waals surface area contributed by atoms with E-state index in [1.807, 2.05) is 0 Å². The molecule has 3 N–H and O–H groups in total. The summed E-state index contributed by atoms with van der Waals surface area (Å²) >= 11 is 1.50. The van der Waals surface area contributed by atoms with E-state index >= 15 is 0 Å². The molecule has 0 aromatic carbocycles. The monoisotopic (exact) mass is 199 g/mol. The van der Waals surface area contributed by atoms with Crippen LogP contribution in [0.15, 0.2) is 0 Å². The van der Waals surface area contributed by atoms with Gasteiger partial charge in [-0.2, -0.15) is 0 Å². The second-order valence-electron chi connectivity index (χ2n) is 3.58. The summed E-state index contributed by atoms with van der Waals surface area (Å²) in [5.74, 6) is 0.486. The highest BCUT2D eigenvalue weighted by atomic mass is 32.1. The number of aliphatic hydroxyl groups excluding tert-OH is 1. The molecule has 1 saturated carbocycles. The third-order valence-corrected chi connectivity index (χ3v) is 3.59. The number of aromatic nitrogens is 2. The molecule has 1 heterocycles. The Kier molecular flexibility index (Phi) is 2.31. The van der Waals surface area contributed by atoms with Gasteiger partial charge >= 0.3 is 0 Å². The molecule has 13 heavy (non-hydrogen) atoms. The van der Waals surface area contributed by atoms with Crippen molar-refractivity contribution in [1.82, 2.24) is 10.2 Å². The molecule has 1 aromatic heterocycles. The van der Waals surface area contributed by atoms with Gasteiger partial charge in [-0.3, -0.25) is 0 Å². The Morgan fingerprint density at radius 2 is 2.23 bits per heavy atom. The summed E-state index contributed by atoms with van der Waals surface area (Å²) in [4.78, 5) is 0. The highest BCUT2D eigenvalue weighted by Crippen LogP contribution is 2.37. The Morgan fingerprint density at radius 3 is 2.69 bits per heavy atom. The third kappa shape index (κ3) is 1.72. The normalized spacial score (nSPS) is 29.8. The number of rotatable bonds is 2. The Labute approximate surface area is 80.8 Å². The van der Waals surface area contributed by atoms with Crippen LogP contribution in [0.3, 0.4) is 0 Å². The van der Waals surface area contributed by atoms with E-state index in [9.17, 15) is 5.11 Å². The minimum absolute atomic E-state index is 0.337. The first-order valence-electron chi connectivity index (χ1n) is 4.43. The molecule has 0 spiro atoms. The van der Waals surface area contributed by atoms with E-state index in [1.54, 1.807) is 6.92 Å². The average Bonchev–Trinajstić information content (AvgIpc) is 2.46. The predicted octanol–water partition coefficient (Wildman–Crippen LogP) is 0.796. The van der Waals surface area contributed by atoms with Crippen molar-refractivity contribution in [3.05, 3.63) is 10.0 Å². The van der Waals surface area contributed by atoms with Crippen LogP contribution in [-0.4, -0.2) is 21.3 Å². The second-order valence-corrected chi connectivity index (χ2v) is 4.62. The van der Waals surface area contributed by atoms with Crippen molar-refractivity contribution in [3.8, 4) is 0 Å². The molecule has 1 aliphatic carbocycles. The molecule has 0 bridgehead atoms. The van der Waals surface area contributed by atoms with E-state index in [4.69, 9.17) is 5.73 Å². The molecule has 0 amide bonds. The zero-order valence-electron chi connectivity index (χ0n) is 7.47. The summed E-state index contributed by atoms with van der Waals surface area (Å²) in [7, 11) is 0. The summed E-state index contributed by atoms with van der Waals surface area (Å²) < 4.78 is 0. The van der Waals surface area contributed by atoms with E-state index in [0.717, 1.165) is 17.8 Å². The van der Waals surface area contributed by atoms with E-state index < -0.39 is 6.10 Å². The van der Waals surface area contributed by atoms with Crippen molar-refractivity contribution >= 4 is 11.3 Å². The first kappa shape index (κ1) is 9.05. The molecule has 1 aromatic rings. The first-order valence-corrected chi connectivity index (χ1v) is 5.25. The van der Waals surface area contributed by atoms with Crippen LogP contribution in [-0.2, 0) is 0 Å². The summed E-state index contributed by atoms with van der Waals surface area (Å²) in [5, 5.41) is 18.9. The topological polar surface area (TPSA) is 72.0 Å². The van der Waals surface area contributed by atoms with Gasteiger partial charge in [0.1, 0.15) is 16.1 Å². The quantitative estimate of drug-likeness (QED) is 0.739. The number of aliphatic hydroxyl groups is 1. The lowest BCUT2D eigenvalue weighted by Gasteiger charge is -2.30. The summed E-state index contributed by atoms with van der Waals surface area (Å²) in [5.41, 5.74) is 5.68. The zero-order valence-corrected chi connectivity index (χ0v) is 8.29. The Hall–Kier alpha value is -0.520. The van der Waals surface area contributed by atoms with Gasteiger partial charge in [0.15, 0.2) is 0 Å². The van der Waals surface area contributed by atoms with Crippen LogP contribution in [0.1, 0.15) is 41.8 Å². The summed E-state index contributed by atoms with van der Waals surface area (Å²) in [6.07, 6.45) is 1.52. The van der Waals surface area contributed by atoms with Crippen molar-refractivity contribution in [2.45, 2.75) is 37.8 Å². The molecule has 0 unspecified atom stereocenters. The van der Waals surface area contributed by atoms with Crippen LogP contribution >= 0.6 is 11.3 Å². The lowest BCUT2D eigenvalue weighted by molar-refractivity contribution is 0.198. The molecule has 72 valence electrons. The average molecular weight is 199 g/mol. The van der Waals surface area contributed by atoms with Crippen molar-refractivity contribution in [3.63, 3.8) is 0 Å². The van der Waals surface area contributed by atoms with Crippen LogP contribution in [0.25, 0.3) is 0 Å². The van der Waals surface area contributed by atoms with Gasteiger partial charge in [0.05, 0.1) is 0 Å². The lowest BCUT2D eigenvalue weighted by Crippen LogP contribution is -2.34. The minimum Gasteiger partial charge on any atom is -0.386 e. The van der Waals surface area contributed by atoms with Gasteiger partial charge in [-0.15, -0.1) is 10.2 Å². The van der Waals surface area contributed by atoms with Gasteiger partial charge in [-0.05, 0) is 19.8 Å². The fourth-order valence-electron chi connectivity index (χ4n) is 1.44. The van der Waals surface area contributed by atoms with Gasteiger partial charge in [-0.1, -0.05) is 11.3 Å². The summed E-state index contributed by atoms with van der Waals surface area (Å²) in [6, 6.07) is 0.337. The maximum Gasteiger partial charge on any atom is 0.145 e. The highest BCUT2D eigenvalue weighted by molar-refractivity contribution is 7.11. The maximum atomic E-state index is 9.24. The summed E-state index contributed by atoms with van der Waals surface area (Å²) in [6.45, 7) is 1.71. The van der Waals surface area contributed by atoms with Crippen LogP contribution in [0, 0.1) is 0 Å². The van der Waals surface area contributed by atoms with Crippen molar-refractivity contribution in [1.29, 1.82) is 0 Å². The maximum absolute atomic E-state index is 9.24. The van der Waals surface area contributed by atoms with Crippen LogP contribution < -0.4 is 5.73 Å². The van der Waals surface area contributed by atoms with E-state index in [-0.39, 0.29) is 0 Å². The molecule has 1 fully saturated rings. The number of hydrogen-bond donors (Lipinski definition) is 2. The minimum atomic E-state index is -0.500. The largest absolute Gasteiger partial charge is 0.386 e. The molecule has 0 saturated heterocycles. The van der Waals surface area contributed by atoms with Crippen molar-refractivity contribution in [2.24, 2.45) is 5.73 Å². The Balaban J connectivity index is 2.06. The fourth-order valence-corrected chi connectivity index (χ4v) is 2.35. The predicted molar refractivity (Wildman–Crippen MR) is 50.5 cm³/mol. The smallest absolute Gasteiger partial charge is 0.145 e. The van der Waals surface area contributed by atoms with Gasteiger partial charge in [0.2, 0.25) is 0 Å². The van der Waals surface area contributed by atoms with Crippen LogP contribution in [0.2, 0.25) is 0 Å². The number of nitrogens with zero attached hydrogens (tertiary/aromatic N) is 2. The SMILES string of the molecule is C[C@H](O)c1nnc([C@H]2C[C@H](N)C2)s1. The van der Waals surface area contributed by atoms with E-state index in [2.05, 4.69) is 10.2 Å². The van der Waals surface area contributed by atoms with Crippen LogP contribution in [0.5, 0.6) is 0 Å². The zero-order chi connectivity index (χ0) is 9.42. The van der Waals surface area contributed by atoms with Crippen molar-refractivity contribution in [2.75, 3.05) is 0 Å². The first-order chi connectivity index (χ1) is 6.16. The van der Waals surface area contributed by atoms with Gasteiger partial charge in [0.25, 0.3) is 0 Å². The Bertz CT molecular complexity index is 293. The van der Waals surface area contributed by atoms with E-state index in [1.165, 1.54) is 11.3 Å². The number of nitrogens with two attached hydrogens (primary N) is 1. The van der Waals surface area contributed by atoms with Gasteiger partial charge in [0, 0.05) is 12.0 Å². The van der Waals surface area contributed by atoms with Crippen LogP contribution in [0.4, 0.5) is 0 Å². The fraction of sp³-hybridized carbons (Fsp3) is 0.750. The highest BCUT2D eigenvalue weighted by Gasteiger charge is 2.30. The van der Waals surface area contributed by atoms with Gasteiger partial charge in [-0.25, -0.2) is 0 Å². The standard InChI is InChI=1S/C8H13N3OS/c1-4(12)7-10-11-8(13-7)5-2-6(9)3-5/h4-6,12H,2-3,9H2,1H3/t4-,5-,6-/m0/s1. The molecule has 0 radical (unpaired) electrons. The molecular formula is C8H13N3OS.